The number of nitrogens with two attached hydrogens (primary N) is 1. The third kappa shape index (κ3) is 3.72. The maximum absolute atomic E-state index is 12.1. The summed E-state index contributed by atoms with van der Waals surface area (Å²) >= 11 is 1.62. The van der Waals surface area contributed by atoms with Crippen molar-refractivity contribution in [1.82, 2.24) is 10.3 Å². The van der Waals surface area contributed by atoms with Gasteiger partial charge >= 0.3 is 0 Å². The SMILES string of the molecule is CCNC(=O)c1ccc(N)cc1N(C)Cc1csc(C)n1. The molecule has 0 bridgehead atoms. The summed E-state index contributed by atoms with van der Waals surface area (Å²) in [6, 6.07) is 5.33. The van der Waals surface area contributed by atoms with Gasteiger partial charge < -0.3 is 16.0 Å². The van der Waals surface area contributed by atoms with Crippen molar-refractivity contribution in [1.29, 1.82) is 0 Å². The highest BCUT2D eigenvalue weighted by atomic mass is 32.1. The average molecular weight is 304 g/mol. The second kappa shape index (κ2) is 6.58. The molecule has 0 aliphatic heterocycles. The van der Waals surface area contributed by atoms with Gasteiger partial charge in [-0.2, -0.15) is 0 Å². The van der Waals surface area contributed by atoms with Gasteiger partial charge in [0.25, 0.3) is 5.91 Å². The van der Waals surface area contributed by atoms with E-state index in [0.29, 0.717) is 24.3 Å². The van der Waals surface area contributed by atoms with Crippen molar-refractivity contribution < 1.29 is 4.79 Å². The molecule has 0 unspecified atom stereocenters. The number of amides is 1. The fraction of sp³-hybridized carbons (Fsp3) is 0.333. The number of hydrogen-bond acceptors (Lipinski definition) is 5. The molecule has 2 rings (SSSR count). The molecule has 0 radical (unpaired) electrons. The molecular weight excluding hydrogens is 284 g/mol. The Morgan fingerprint density at radius 2 is 2.24 bits per heavy atom. The molecule has 1 aromatic carbocycles. The lowest BCUT2D eigenvalue weighted by Crippen LogP contribution is -2.26. The van der Waals surface area contributed by atoms with Crippen LogP contribution in [-0.4, -0.2) is 24.5 Å². The standard InChI is InChI=1S/C15H20N4OS/c1-4-17-15(20)13-6-5-11(16)7-14(13)19(3)8-12-9-21-10(2)18-12/h5-7,9H,4,8,16H2,1-3H3,(H,17,20). The van der Waals surface area contributed by atoms with Crippen molar-refractivity contribution in [2.75, 3.05) is 24.2 Å². The summed E-state index contributed by atoms with van der Waals surface area (Å²) in [6.07, 6.45) is 0. The smallest absolute Gasteiger partial charge is 0.253 e. The number of rotatable bonds is 5. The van der Waals surface area contributed by atoms with E-state index in [1.807, 2.05) is 37.2 Å². The van der Waals surface area contributed by atoms with Gasteiger partial charge in [0.2, 0.25) is 0 Å². The molecule has 112 valence electrons. The van der Waals surface area contributed by atoms with Gasteiger partial charge in [-0.25, -0.2) is 4.98 Å². The molecule has 0 saturated carbocycles. The molecule has 2 aromatic rings. The molecule has 0 fully saturated rings. The quantitative estimate of drug-likeness (QED) is 0.832. The number of carbonyl (C=O) groups is 1. The van der Waals surface area contributed by atoms with Gasteiger partial charge in [-0.05, 0) is 32.0 Å². The third-order valence-corrected chi connectivity index (χ3v) is 3.90. The summed E-state index contributed by atoms with van der Waals surface area (Å²) in [5.41, 5.74) is 8.93. The minimum Gasteiger partial charge on any atom is -0.399 e. The summed E-state index contributed by atoms with van der Waals surface area (Å²) < 4.78 is 0. The first-order valence-corrected chi connectivity index (χ1v) is 7.69. The van der Waals surface area contributed by atoms with Crippen LogP contribution in [0.25, 0.3) is 0 Å². The Morgan fingerprint density at radius 3 is 2.86 bits per heavy atom. The van der Waals surface area contributed by atoms with E-state index in [2.05, 4.69) is 10.3 Å². The van der Waals surface area contributed by atoms with Crippen LogP contribution in [0.1, 0.15) is 28.0 Å². The van der Waals surface area contributed by atoms with E-state index in [1.54, 1.807) is 23.5 Å². The number of anilines is 2. The third-order valence-electron chi connectivity index (χ3n) is 3.08. The molecule has 0 aliphatic carbocycles. The highest BCUT2D eigenvalue weighted by Gasteiger charge is 2.15. The Kier molecular flexibility index (Phi) is 4.80. The van der Waals surface area contributed by atoms with E-state index in [-0.39, 0.29) is 5.91 Å². The number of hydrogen-bond donors (Lipinski definition) is 2. The van der Waals surface area contributed by atoms with Crippen molar-refractivity contribution in [3.63, 3.8) is 0 Å². The van der Waals surface area contributed by atoms with Gasteiger partial charge in [-0.15, -0.1) is 11.3 Å². The van der Waals surface area contributed by atoms with Crippen LogP contribution in [0, 0.1) is 6.92 Å². The van der Waals surface area contributed by atoms with E-state index in [9.17, 15) is 4.79 Å². The molecule has 1 heterocycles. The van der Waals surface area contributed by atoms with Crippen molar-refractivity contribution in [3.05, 3.63) is 39.8 Å². The minimum absolute atomic E-state index is 0.0891. The largest absolute Gasteiger partial charge is 0.399 e. The average Bonchev–Trinajstić information content (AvgIpc) is 2.84. The van der Waals surface area contributed by atoms with Crippen LogP contribution in [0.3, 0.4) is 0 Å². The lowest BCUT2D eigenvalue weighted by Gasteiger charge is -2.21. The minimum atomic E-state index is -0.0891. The number of benzene rings is 1. The van der Waals surface area contributed by atoms with Gasteiger partial charge in [0.15, 0.2) is 0 Å². The topological polar surface area (TPSA) is 71.2 Å². The van der Waals surface area contributed by atoms with Gasteiger partial charge in [-0.1, -0.05) is 0 Å². The Hall–Kier alpha value is -2.08. The first-order valence-electron chi connectivity index (χ1n) is 6.81. The molecule has 5 nitrogen and oxygen atoms in total. The fourth-order valence-electron chi connectivity index (χ4n) is 2.12. The molecule has 21 heavy (non-hydrogen) atoms. The van der Waals surface area contributed by atoms with Crippen LogP contribution in [0.2, 0.25) is 0 Å². The molecule has 1 aromatic heterocycles. The lowest BCUT2D eigenvalue weighted by atomic mass is 10.1. The number of aromatic nitrogens is 1. The Balaban J connectivity index is 2.28. The Labute approximate surface area is 128 Å². The van der Waals surface area contributed by atoms with E-state index in [1.165, 1.54) is 0 Å². The monoisotopic (exact) mass is 304 g/mol. The summed E-state index contributed by atoms with van der Waals surface area (Å²) in [4.78, 5) is 18.6. The van der Waals surface area contributed by atoms with Gasteiger partial charge in [-0.3, -0.25) is 4.79 Å². The Bertz CT molecular complexity index is 638. The first kappa shape index (κ1) is 15.3. The summed E-state index contributed by atoms with van der Waals surface area (Å²) in [7, 11) is 1.94. The van der Waals surface area contributed by atoms with Crippen molar-refractivity contribution >= 4 is 28.6 Å². The number of aryl methyl sites for hydroxylation is 1. The molecule has 1 amide bonds. The zero-order valence-electron chi connectivity index (χ0n) is 12.5. The highest BCUT2D eigenvalue weighted by molar-refractivity contribution is 7.09. The maximum Gasteiger partial charge on any atom is 0.253 e. The van der Waals surface area contributed by atoms with Crippen molar-refractivity contribution in [3.8, 4) is 0 Å². The number of nitrogen functional groups attached to an aromatic ring is 1. The summed E-state index contributed by atoms with van der Waals surface area (Å²) in [6.45, 7) is 5.11. The van der Waals surface area contributed by atoms with Crippen LogP contribution >= 0.6 is 11.3 Å². The van der Waals surface area contributed by atoms with Crippen LogP contribution < -0.4 is 16.0 Å². The molecule has 0 atom stereocenters. The number of thiazole rings is 1. The second-order valence-corrected chi connectivity index (χ2v) is 5.91. The number of carbonyl (C=O) groups excluding carboxylic acids is 1. The predicted molar refractivity (Wildman–Crippen MR) is 87.8 cm³/mol. The van der Waals surface area contributed by atoms with Crippen LogP contribution in [0.15, 0.2) is 23.6 Å². The molecule has 0 saturated heterocycles. The molecule has 0 aliphatic rings. The van der Waals surface area contributed by atoms with E-state index in [4.69, 9.17) is 5.73 Å². The zero-order valence-corrected chi connectivity index (χ0v) is 13.3. The predicted octanol–water partition coefficient (Wildman–Crippen LogP) is 2.42. The molecule has 6 heteroatoms. The summed E-state index contributed by atoms with van der Waals surface area (Å²) in [5.74, 6) is -0.0891. The molecule has 3 N–H and O–H groups in total. The lowest BCUT2D eigenvalue weighted by molar-refractivity contribution is 0.0956. The Morgan fingerprint density at radius 1 is 1.48 bits per heavy atom. The van der Waals surface area contributed by atoms with Gasteiger partial charge in [0.1, 0.15) is 0 Å². The normalized spacial score (nSPS) is 10.4. The molecule has 0 spiro atoms. The number of nitrogens with zero attached hydrogens (tertiary/aromatic N) is 2. The highest BCUT2D eigenvalue weighted by Crippen LogP contribution is 2.24. The van der Waals surface area contributed by atoms with Crippen LogP contribution in [0.4, 0.5) is 11.4 Å². The fourth-order valence-corrected chi connectivity index (χ4v) is 2.73. The summed E-state index contributed by atoms with van der Waals surface area (Å²) in [5, 5.41) is 5.89. The maximum atomic E-state index is 12.1. The molecular formula is C15H20N4OS. The van der Waals surface area contributed by atoms with Crippen molar-refractivity contribution in [2.24, 2.45) is 0 Å². The van der Waals surface area contributed by atoms with E-state index in [0.717, 1.165) is 16.4 Å². The second-order valence-electron chi connectivity index (χ2n) is 4.85. The first-order chi connectivity index (χ1) is 10.0. The van der Waals surface area contributed by atoms with Crippen molar-refractivity contribution in [2.45, 2.75) is 20.4 Å². The van der Waals surface area contributed by atoms with Crippen LogP contribution in [-0.2, 0) is 6.54 Å². The van der Waals surface area contributed by atoms with E-state index >= 15 is 0 Å². The zero-order chi connectivity index (χ0) is 15.4. The van der Waals surface area contributed by atoms with Gasteiger partial charge in [0, 0.05) is 24.7 Å². The van der Waals surface area contributed by atoms with E-state index < -0.39 is 0 Å². The number of nitrogens with one attached hydrogen (secondary N) is 1. The van der Waals surface area contributed by atoms with Gasteiger partial charge in [0.05, 0.1) is 28.5 Å². The van der Waals surface area contributed by atoms with Crippen LogP contribution in [0.5, 0.6) is 0 Å².